The van der Waals surface area contributed by atoms with Crippen molar-refractivity contribution in [2.75, 3.05) is 40.9 Å². The number of halogens is 1. The minimum absolute atomic E-state index is 0.0362. The zero-order chi connectivity index (χ0) is 25.7. The van der Waals surface area contributed by atoms with Crippen LogP contribution in [0.1, 0.15) is 40.9 Å². The van der Waals surface area contributed by atoms with Crippen LogP contribution in [0.4, 0.5) is 0 Å². The first-order chi connectivity index (χ1) is 16.7. The molecule has 1 amide bonds. The Hall–Kier alpha value is -3.36. The van der Waals surface area contributed by atoms with Gasteiger partial charge in [0.2, 0.25) is 0 Å². The van der Waals surface area contributed by atoms with Crippen molar-refractivity contribution in [2.45, 2.75) is 19.4 Å². The highest BCUT2D eigenvalue weighted by atomic mass is 35.5. The predicted molar refractivity (Wildman–Crippen MR) is 133 cm³/mol. The summed E-state index contributed by atoms with van der Waals surface area (Å²) in [5, 5.41) is 11.5. The number of ether oxygens (including phenoxy) is 2. The van der Waals surface area contributed by atoms with Crippen molar-refractivity contribution < 1.29 is 29.0 Å². The molecule has 1 unspecified atom stereocenters. The minimum atomic E-state index is -0.825. The number of hydrogen-bond acceptors (Lipinski definition) is 7. The number of hydrogen-bond donors (Lipinski definition) is 1. The van der Waals surface area contributed by atoms with Crippen molar-refractivity contribution in [3.63, 3.8) is 0 Å². The van der Waals surface area contributed by atoms with Gasteiger partial charge in [0.1, 0.15) is 11.5 Å². The van der Waals surface area contributed by atoms with Crippen LogP contribution in [0.15, 0.2) is 48.0 Å². The summed E-state index contributed by atoms with van der Waals surface area (Å²) in [6, 6.07) is 10.3. The highest BCUT2D eigenvalue weighted by Gasteiger charge is 2.45. The van der Waals surface area contributed by atoms with Crippen LogP contribution in [-0.2, 0) is 14.3 Å². The van der Waals surface area contributed by atoms with Gasteiger partial charge in [0, 0.05) is 12.1 Å². The summed E-state index contributed by atoms with van der Waals surface area (Å²) in [4.78, 5) is 41.5. The van der Waals surface area contributed by atoms with Gasteiger partial charge in [0.05, 0.1) is 35.9 Å². The lowest BCUT2D eigenvalue weighted by Gasteiger charge is -2.26. The van der Waals surface area contributed by atoms with E-state index in [1.807, 2.05) is 25.9 Å². The number of carbonyl (C=O) groups is 3. The van der Waals surface area contributed by atoms with Gasteiger partial charge in [-0.25, -0.2) is 4.79 Å². The predicted octanol–water partition coefficient (Wildman–Crippen LogP) is 3.90. The molecule has 0 spiro atoms. The lowest BCUT2D eigenvalue weighted by molar-refractivity contribution is -0.139. The molecule has 0 aromatic heterocycles. The van der Waals surface area contributed by atoms with E-state index in [-0.39, 0.29) is 16.4 Å². The highest BCUT2D eigenvalue weighted by molar-refractivity contribution is 6.46. The molecule has 1 aliphatic rings. The van der Waals surface area contributed by atoms with Gasteiger partial charge in [-0.15, -0.1) is 0 Å². The first-order valence-corrected chi connectivity index (χ1v) is 11.6. The van der Waals surface area contributed by atoms with Gasteiger partial charge in [0.25, 0.3) is 11.7 Å². The Bertz CT molecular complexity index is 1140. The number of esters is 1. The number of rotatable bonds is 9. The number of ketones is 1. The summed E-state index contributed by atoms with van der Waals surface area (Å²) >= 11 is 6.30. The molecule has 0 radical (unpaired) electrons. The second-order valence-corrected chi connectivity index (χ2v) is 8.75. The lowest BCUT2D eigenvalue weighted by atomic mass is 9.94. The van der Waals surface area contributed by atoms with Gasteiger partial charge in [-0.3, -0.25) is 9.59 Å². The number of carbonyl (C=O) groups excluding carboxylic acids is 3. The number of methoxy groups -OCH3 is 1. The smallest absolute Gasteiger partial charge is 0.337 e. The number of amides is 1. The molecule has 0 aliphatic carbocycles. The molecule has 1 saturated heterocycles. The lowest BCUT2D eigenvalue weighted by Crippen LogP contribution is -2.32. The van der Waals surface area contributed by atoms with Gasteiger partial charge in [-0.1, -0.05) is 23.7 Å². The van der Waals surface area contributed by atoms with Crippen molar-refractivity contribution in [3.8, 4) is 5.75 Å². The third-order valence-electron chi connectivity index (χ3n) is 5.70. The van der Waals surface area contributed by atoms with Crippen LogP contribution in [0, 0.1) is 0 Å². The molecule has 2 aromatic carbocycles. The third-order valence-corrected chi connectivity index (χ3v) is 5.99. The van der Waals surface area contributed by atoms with E-state index < -0.39 is 23.7 Å². The van der Waals surface area contributed by atoms with Crippen LogP contribution in [0.25, 0.3) is 5.76 Å². The molecule has 1 atom stereocenters. The van der Waals surface area contributed by atoms with Gasteiger partial charge < -0.3 is 24.4 Å². The van der Waals surface area contributed by atoms with E-state index in [4.69, 9.17) is 21.1 Å². The zero-order valence-corrected chi connectivity index (χ0v) is 21.0. The second-order valence-electron chi connectivity index (χ2n) is 8.34. The maximum atomic E-state index is 13.1. The summed E-state index contributed by atoms with van der Waals surface area (Å²) in [6.07, 6.45) is 0.631. The van der Waals surface area contributed by atoms with E-state index in [2.05, 4.69) is 0 Å². The summed E-state index contributed by atoms with van der Waals surface area (Å²) in [7, 11) is 5.14. The molecule has 35 heavy (non-hydrogen) atoms. The quantitative estimate of drug-likeness (QED) is 0.241. The Labute approximate surface area is 209 Å². The molecule has 0 saturated carbocycles. The highest BCUT2D eigenvalue weighted by Crippen LogP contribution is 2.40. The summed E-state index contributed by atoms with van der Waals surface area (Å²) < 4.78 is 10.2. The van der Waals surface area contributed by atoms with E-state index in [9.17, 15) is 19.5 Å². The van der Waals surface area contributed by atoms with Crippen molar-refractivity contribution in [1.29, 1.82) is 0 Å². The Morgan fingerprint density at radius 3 is 2.34 bits per heavy atom. The monoisotopic (exact) mass is 500 g/mol. The van der Waals surface area contributed by atoms with E-state index in [1.54, 1.807) is 36.4 Å². The molecule has 9 heteroatoms. The first-order valence-electron chi connectivity index (χ1n) is 11.2. The summed E-state index contributed by atoms with van der Waals surface area (Å²) in [6.45, 7) is 3.27. The minimum Gasteiger partial charge on any atom is -0.507 e. The largest absolute Gasteiger partial charge is 0.507 e. The van der Waals surface area contributed by atoms with Crippen LogP contribution < -0.4 is 4.74 Å². The van der Waals surface area contributed by atoms with Gasteiger partial charge >= 0.3 is 5.97 Å². The molecular weight excluding hydrogens is 472 g/mol. The van der Waals surface area contributed by atoms with E-state index in [0.717, 1.165) is 0 Å². The van der Waals surface area contributed by atoms with E-state index >= 15 is 0 Å². The van der Waals surface area contributed by atoms with Crippen LogP contribution in [0.3, 0.4) is 0 Å². The molecular formula is C26H29ClN2O6. The number of nitrogens with zero attached hydrogens (tertiary/aromatic N) is 2. The van der Waals surface area contributed by atoms with E-state index in [1.165, 1.54) is 18.1 Å². The fourth-order valence-electron chi connectivity index (χ4n) is 4.01. The number of aliphatic hydroxyl groups is 1. The first kappa shape index (κ1) is 26.2. The maximum absolute atomic E-state index is 13.1. The number of aliphatic hydroxyl groups excluding tert-OH is 1. The molecule has 3 rings (SSSR count). The van der Waals surface area contributed by atoms with Crippen molar-refractivity contribution >= 4 is 35.0 Å². The number of Topliss-reactive ketones (excluding diaryl/α,β-unsaturated/α-hetero) is 1. The van der Waals surface area contributed by atoms with Gasteiger partial charge in [0.15, 0.2) is 0 Å². The Kier molecular flexibility index (Phi) is 8.53. The Morgan fingerprint density at radius 1 is 1.11 bits per heavy atom. The zero-order valence-electron chi connectivity index (χ0n) is 20.2. The molecule has 1 heterocycles. The van der Waals surface area contributed by atoms with Crippen LogP contribution >= 0.6 is 11.6 Å². The van der Waals surface area contributed by atoms with Gasteiger partial charge in [-0.2, -0.15) is 0 Å². The molecule has 1 N–H and O–H groups in total. The molecule has 2 aromatic rings. The van der Waals surface area contributed by atoms with Gasteiger partial charge in [-0.05, 0) is 69.9 Å². The summed E-state index contributed by atoms with van der Waals surface area (Å²) in [5.41, 5.74) is 1.17. The standard InChI is InChI=1S/C26H29ClN2O6/c1-5-35-20-12-11-18(15-19(20)27)23(30)21-22(16-7-9-17(10-8-16)26(33)34-4)29(25(32)24(21)31)14-6-13-28(2)3/h7-12,15,22,30H,5-6,13-14H2,1-4H3. The van der Waals surface area contributed by atoms with Crippen molar-refractivity contribution in [1.82, 2.24) is 9.80 Å². The third kappa shape index (κ3) is 5.66. The van der Waals surface area contributed by atoms with Crippen molar-refractivity contribution in [3.05, 3.63) is 69.8 Å². The normalized spacial score (nSPS) is 17.2. The van der Waals surface area contributed by atoms with Crippen LogP contribution in [0.2, 0.25) is 5.02 Å². The molecule has 0 bridgehead atoms. The average molecular weight is 501 g/mol. The fraction of sp³-hybridized carbons (Fsp3) is 0.346. The van der Waals surface area contributed by atoms with Crippen molar-refractivity contribution in [2.24, 2.45) is 0 Å². The van der Waals surface area contributed by atoms with Crippen LogP contribution in [-0.4, -0.2) is 73.5 Å². The molecule has 1 fully saturated rings. The summed E-state index contributed by atoms with van der Waals surface area (Å²) in [5.74, 6) is -1.85. The molecule has 1 aliphatic heterocycles. The number of benzene rings is 2. The maximum Gasteiger partial charge on any atom is 0.337 e. The fourth-order valence-corrected chi connectivity index (χ4v) is 4.25. The number of likely N-dealkylation sites (tertiary alicyclic amines) is 1. The van der Waals surface area contributed by atoms with E-state index in [0.29, 0.717) is 48.6 Å². The van der Waals surface area contributed by atoms with Crippen LogP contribution in [0.5, 0.6) is 5.75 Å². The second kappa shape index (κ2) is 11.4. The Morgan fingerprint density at radius 2 is 1.77 bits per heavy atom. The molecule has 186 valence electrons. The topological polar surface area (TPSA) is 96.4 Å². The average Bonchev–Trinajstić information content (AvgIpc) is 3.09. The Balaban J connectivity index is 2.09. The molecule has 8 nitrogen and oxygen atoms in total. The SMILES string of the molecule is CCOc1ccc(C(O)=C2C(=O)C(=O)N(CCCN(C)C)C2c2ccc(C(=O)OC)cc2)cc1Cl.